The van der Waals surface area contributed by atoms with Gasteiger partial charge in [-0.15, -0.1) is 0 Å². The van der Waals surface area contributed by atoms with Crippen LogP contribution in [-0.4, -0.2) is 33.2 Å². The van der Waals surface area contributed by atoms with Gasteiger partial charge in [-0.2, -0.15) is 0 Å². The second kappa shape index (κ2) is 5.50. The number of non-ortho nitro benzene ring substituents is 2. The highest BCUT2D eigenvalue weighted by Gasteiger charge is 2.51. The molecule has 1 saturated carbocycles. The van der Waals surface area contributed by atoms with Crippen molar-refractivity contribution < 1.29 is 14.6 Å². The quantitative estimate of drug-likeness (QED) is 0.614. The Bertz CT molecular complexity index is 743. The largest absolute Gasteiger partial charge is 0.335 e. The molecule has 3 rings (SSSR count). The standard InChI is InChI=1S/C17H21N3O5/c1-16(2)7-14-8-17(3,9-16)10-18(14)15(21)11-4-12(19(22)23)6-13(5-11)20(24)25/h4-6,14H,7-10H2,1-3H3/t14-,17-/m1/s1. The van der Waals surface area contributed by atoms with Crippen LogP contribution in [0.4, 0.5) is 11.4 Å². The summed E-state index contributed by atoms with van der Waals surface area (Å²) in [6, 6.07) is 3.21. The number of benzene rings is 1. The zero-order chi connectivity index (χ0) is 18.6. The Balaban J connectivity index is 1.96. The number of amides is 1. The van der Waals surface area contributed by atoms with Crippen LogP contribution in [0, 0.1) is 31.1 Å². The summed E-state index contributed by atoms with van der Waals surface area (Å²) in [5, 5.41) is 22.1. The Morgan fingerprint density at radius 3 is 2.16 bits per heavy atom. The average Bonchev–Trinajstić information content (AvgIpc) is 2.74. The summed E-state index contributed by atoms with van der Waals surface area (Å²) >= 11 is 0. The van der Waals surface area contributed by atoms with Crippen LogP contribution < -0.4 is 0 Å². The second-order valence-corrected chi connectivity index (χ2v) is 8.40. The lowest BCUT2D eigenvalue weighted by Gasteiger charge is -2.39. The molecular weight excluding hydrogens is 326 g/mol. The third-order valence-corrected chi connectivity index (χ3v) is 5.25. The van der Waals surface area contributed by atoms with Gasteiger partial charge in [0, 0.05) is 24.7 Å². The van der Waals surface area contributed by atoms with E-state index < -0.39 is 21.2 Å². The Kier molecular flexibility index (Phi) is 3.81. The predicted octanol–water partition coefficient (Wildman–Crippen LogP) is 3.54. The maximum absolute atomic E-state index is 13.0. The highest BCUT2D eigenvalue weighted by atomic mass is 16.6. The maximum Gasteiger partial charge on any atom is 0.277 e. The first-order valence-electron chi connectivity index (χ1n) is 8.25. The molecule has 25 heavy (non-hydrogen) atoms. The van der Waals surface area contributed by atoms with Crippen molar-refractivity contribution in [1.82, 2.24) is 4.90 Å². The minimum atomic E-state index is -0.712. The first kappa shape index (κ1) is 17.3. The number of nitro groups is 2. The lowest BCUT2D eigenvalue weighted by Crippen LogP contribution is -2.37. The SMILES string of the molecule is CC1(C)C[C@@H]2C[C@@](C)(CN2C(=O)c2cc([N+](=O)[O-])cc([N+](=O)[O-])c2)C1. The van der Waals surface area contributed by atoms with Crippen LogP contribution in [0.3, 0.4) is 0 Å². The summed E-state index contributed by atoms with van der Waals surface area (Å²) < 4.78 is 0. The molecule has 0 aromatic heterocycles. The van der Waals surface area contributed by atoms with Crippen molar-refractivity contribution in [1.29, 1.82) is 0 Å². The van der Waals surface area contributed by atoms with E-state index >= 15 is 0 Å². The molecule has 0 radical (unpaired) electrons. The number of fused-ring (bicyclic) bond motifs is 2. The number of carbonyl (C=O) groups is 1. The van der Waals surface area contributed by atoms with Crippen molar-refractivity contribution >= 4 is 17.3 Å². The van der Waals surface area contributed by atoms with Crippen LogP contribution >= 0.6 is 0 Å². The van der Waals surface area contributed by atoms with Crippen molar-refractivity contribution in [3.05, 3.63) is 44.0 Å². The molecule has 1 heterocycles. The summed E-state index contributed by atoms with van der Waals surface area (Å²) in [6.45, 7) is 7.10. The maximum atomic E-state index is 13.0. The lowest BCUT2D eigenvalue weighted by atomic mass is 9.65. The fourth-order valence-electron chi connectivity index (χ4n) is 4.79. The Labute approximate surface area is 145 Å². The molecule has 2 atom stereocenters. The van der Waals surface area contributed by atoms with Crippen LogP contribution in [0.2, 0.25) is 0 Å². The number of carbonyl (C=O) groups excluding carboxylic acids is 1. The van der Waals surface area contributed by atoms with E-state index in [0.29, 0.717) is 6.54 Å². The lowest BCUT2D eigenvalue weighted by molar-refractivity contribution is -0.394. The minimum Gasteiger partial charge on any atom is -0.335 e. The van der Waals surface area contributed by atoms with Gasteiger partial charge < -0.3 is 4.90 Å². The fraction of sp³-hybridized carbons (Fsp3) is 0.588. The summed E-state index contributed by atoms with van der Waals surface area (Å²) in [5.74, 6) is -0.363. The molecule has 1 aliphatic carbocycles. The molecule has 8 heteroatoms. The van der Waals surface area contributed by atoms with Crippen LogP contribution in [0.1, 0.15) is 50.4 Å². The minimum absolute atomic E-state index is 0.00913. The van der Waals surface area contributed by atoms with E-state index in [-0.39, 0.29) is 28.3 Å². The number of hydrogen-bond acceptors (Lipinski definition) is 5. The highest BCUT2D eigenvalue weighted by molar-refractivity contribution is 5.96. The van der Waals surface area contributed by atoms with Crippen LogP contribution in [0.25, 0.3) is 0 Å². The third kappa shape index (κ3) is 3.20. The van der Waals surface area contributed by atoms with Gasteiger partial charge in [0.2, 0.25) is 0 Å². The number of nitrogens with zero attached hydrogens (tertiary/aromatic N) is 3. The molecule has 8 nitrogen and oxygen atoms in total. The van der Waals surface area contributed by atoms with Gasteiger partial charge in [0.25, 0.3) is 17.3 Å². The molecule has 0 N–H and O–H groups in total. The Hall–Kier alpha value is -2.51. The molecule has 1 aromatic rings. The van der Waals surface area contributed by atoms with Crippen molar-refractivity contribution in [2.75, 3.05) is 6.54 Å². The van der Waals surface area contributed by atoms with Gasteiger partial charge in [-0.25, -0.2) is 0 Å². The van der Waals surface area contributed by atoms with E-state index in [2.05, 4.69) is 20.8 Å². The summed E-state index contributed by atoms with van der Waals surface area (Å²) in [4.78, 5) is 35.4. The average molecular weight is 347 g/mol. The van der Waals surface area contributed by atoms with Crippen molar-refractivity contribution in [2.24, 2.45) is 10.8 Å². The molecule has 134 valence electrons. The van der Waals surface area contributed by atoms with Gasteiger partial charge in [0.15, 0.2) is 0 Å². The van der Waals surface area contributed by atoms with Gasteiger partial charge in [-0.05, 0) is 30.1 Å². The molecule has 0 spiro atoms. The zero-order valence-corrected chi connectivity index (χ0v) is 14.5. The van der Waals surface area contributed by atoms with Gasteiger partial charge in [0.1, 0.15) is 0 Å². The number of likely N-dealkylation sites (tertiary alicyclic amines) is 1. The first-order valence-corrected chi connectivity index (χ1v) is 8.25. The number of rotatable bonds is 3. The normalized spacial score (nSPS) is 27.2. The van der Waals surface area contributed by atoms with E-state index in [1.165, 1.54) is 0 Å². The third-order valence-electron chi connectivity index (χ3n) is 5.25. The van der Waals surface area contributed by atoms with Crippen molar-refractivity contribution in [2.45, 2.75) is 46.1 Å². The van der Waals surface area contributed by atoms with Gasteiger partial charge in [-0.1, -0.05) is 20.8 Å². The van der Waals surface area contributed by atoms with Gasteiger partial charge in [-0.3, -0.25) is 25.0 Å². The Morgan fingerprint density at radius 1 is 1.08 bits per heavy atom. The van der Waals surface area contributed by atoms with E-state index in [4.69, 9.17) is 0 Å². The number of hydrogen-bond donors (Lipinski definition) is 0. The van der Waals surface area contributed by atoms with Gasteiger partial charge >= 0.3 is 0 Å². The monoisotopic (exact) mass is 347 g/mol. The van der Waals surface area contributed by atoms with E-state index in [1.54, 1.807) is 4.90 Å². The van der Waals surface area contributed by atoms with Crippen LogP contribution in [-0.2, 0) is 0 Å². The van der Waals surface area contributed by atoms with E-state index in [1.807, 2.05) is 0 Å². The smallest absolute Gasteiger partial charge is 0.277 e. The van der Waals surface area contributed by atoms with Crippen LogP contribution in [0.5, 0.6) is 0 Å². The topological polar surface area (TPSA) is 107 Å². The zero-order valence-electron chi connectivity index (χ0n) is 14.5. The molecule has 1 aromatic carbocycles. The molecule has 0 unspecified atom stereocenters. The van der Waals surface area contributed by atoms with Crippen molar-refractivity contribution in [3.63, 3.8) is 0 Å². The summed E-state index contributed by atoms with van der Waals surface area (Å²) in [5.41, 5.74) is -0.719. The predicted molar refractivity (Wildman–Crippen MR) is 90.3 cm³/mol. The summed E-state index contributed by atoms with van der Waals surface area (Å²) in [7, 11) is 0. The fourth-order valence-corrected chi connectivity index (χ4v) is 4.79. The Morgan fingerprint density at radius 2 is 1.64 bits per heavy atom. The molecule has 2 fully saturated rings. The molecule has 2 bridgehead atoms. The van der Waals surface area contributed by atoms with Crippen LogP contribution in [0.15, 0.2) is 18.2 Å². The first-order chi connectivity index (χ1) is 11.5. The summed E-state index contributed by atoms with van der Waals surface area (Å²) in [6.07, 6.45) is 2.78. The molecule has 1 aliphatic heterocycles. The van der Waals surface area contributed by atoms with Crippen molar-refractivity contribution in [3.8, 4) is 0 Å². The number of nitro benzene ring substituents is 2. The molecule has 1 amide bonds. The van der Waals surface area contributed by atoms with E-state index in [0.717, 1.165) is 37.5 Å². The molecule has 1 saturated heterocycles. The molecule has 2 aliphatic rings. The second-order valence-electron chi connectivity index (χ2n) is 8.40. The molecular formula is C17H21N3O5. The van der Waals surface area contributed by atoms with E-state index in [9.17, 15) is 25.0 Å². The van der Waals surface area contributed by atoms with Gasteiger partial charge in [0.05, 0.1) is 21.5 Å². The highest BCUT2D eigenvalue weighted by Crippen LogP contribution is 2.52.